The van der Waals surface area contributed by atoms with Gasteiger partial charge in [-0.3, -0.25) is 4.79 Å². The molecule has 0 heterocycles. The Labute approximate surface area is 77.0 Å². The molecule has 3 heteroatoms. The molecule has 3 nitrogen and oxygen atoms in total. The van der Waals surface area contributed by atoms with Crippen molar-refractivity contribution in [2.24, 2.45) is 0 Å². The quantitative estimate of drug-likeness (QED) is 0.708. The molecule has 0 saturated carbocycles. The van der Waals surface area contributed by atoms with E-state index in [9.17, 15) is 9.90 Å². The maximum absolute atomic E-state index is 11.1. The summed E-state index contributed by atoms with van der Waals surface area (Å²) in [4.78, 5) is 11.1. The number of hydrogen-bond donors (Lipinski definition) is 1. The molecule has 1 rings (SSSR count). The topological polar surface area (TPSA) is 46.5 Å². The molecule has 0 aromatic heterocycles. The Balaban J connectivity index is 3.11. The fourth-order valence-electron chi connectivity index (χ4n) is 1.13. The number of carbonyl (C=O) groups is 1. The van der Waals surface area contributed by atoms with Crippen LogP contribution in [0.5, 0.6) is 0 Å². The van der Waals surface area contributed by atoms with Crippen molar-refractivity contribution in [3.05, 3.63) is 35.9 Å². The van der Waals surface area contributed by atoms with Gasteiger partial charge in [-0.05, 0) is 0 Å². The van der Waals surface area contributed by atoms with E-state index in [4.69, 9.17) is 4.74 Å². The van der Waals surface area contributed by atoms with E-state index in [-0.39, 0.29) is 0 Å². The second-order valence-electron chi connectivity index (χ2n) is 2.77. The van der Waals surface area contributed by atoms with Crippen LogP contribution in [-0.2, 0) is 15.3 Å². The summed E-state index contributed by atoms with van der Waals surface area (Å²) in [6, 6.07) is 8.57. The van der Waals surface area contributed by atoms with E-state index < -0.39 is 11.6 Å². The molecule has 0 aliphatic carbocycles. The first-order chi connectivity index (χ1) is 6.11. The predicted octanol–water partition coefficient (Wildman–Crippen LogP) is 1.07. The fourth-order valence-corrected chi connectivity index (χ4v) is 1.13. The second-order valence-corrected chi connectivity index (χ2v) is 2.77. The predicted molar refractivity (Wildman–Crippen MR) is 48.0 cm³/mol. The highest BCUT2D eigenvalue weighted by Gasteiger charge is 2.34. The van der Waals surface area contributed by atoms with E-state index in [2.05, 4.69) is 0 Å². The van der Waals surface area contributed by atoms with E-state index in [0.717, 1.165) is 0 Å². The normalized spacial score (nSPS) is 15.0. The van der Waals surface area contributed by atoms with E-state index in [1.807, 2.05) is 0 Å². The van der Waals surface area contributed by atoms with Crippen molar-refractivity contribution in [1.82, 2.24) is 0 Å². The lowest BCUT2D eigenvalue weighted by Crippen LogP contribution is -2.35. The Morgan fingerprint density at radius 2 is 1.92 bits per heavy atom. The molecule has 1 N–H and O–H groups in total. The Morgan fingerprint density at radius 1 is 1.38 bits per heavy atom. The third-order valence-electron chi connectivity index (χ3n) is 1.94. The Hall–Kier alpha value is -1.19. The molecule has 0 saturated heterocycles. The van der Waals surface area contributed by atoms with Crippen LogP contribution in [-0.4, -0.2) is 18.0 Å². The molecule has 70 valence electrons. The number of hydrogen-bond acceptors (Lipinski definition) is 3. The zero-order chi connectivity index (χ0) is 9.90. The van der Waals surface area contributed by atoms with Crippen LogP contribution in [0.1, 0.15) is 12.5 Å². The highest BCUT2D eigenvalue weighted by molar-refractivity contribution is 5.84. The number of rotatable bonds is 3. The molecule has 1 aromatic rings. The van der Waals surface area contributed by atoms with E-state index in [1.54, 1.807) is 30.3 Å². The summed E-state index contributed by atoms with van der Waals surface area (Å²) in [5.74, 6) is -2.23. The maximum atomic E-state index is 11.1. The summed E-state index contributed by atoms with van der Waals surface area (Å²) in [5, 5.41) is 9.80. The van der Waals surface area contributed by atoms with Crippen molar-refractivity contribution < 1.29 is 14.6 Å². The highest BCUT2D eigenvalue weighted by Crippen LogP contribution is 2.22. The first-order valence-corrected chi connectivity index (χ1v) is 3.95. The monoisotopic (exact) mass is 180 g/mol. The largest absolute Gasteiger partial charge is 0.356 e. The molecule has 0 aliphatic rings. The third kappa shape index (κ3) is 1.76. The van der Waals surface area contributed by atoms with Gasteiger partial charge in [-0.2, -0.15) is 0 Å². The number of Topliss-reactive ketones (excluding diaryl/α,β-unsaturated/α-hetero) is 1. The minimum Gasteiger partial charge on any atom is -0.356 e. The number of ether oxygens (including phenoxy) is 1. The zero-order valence-electron chi connectivity index (χ0n) is 7.65. The number of ketones is 1. The average molecular weight is 180 g/mol. The summed E-state index contributed by atoms with van der Waals surface area (Å²) < 4.78 is 4.79. The minimum atomic E-state index is -1.80. The first-order valence-electron chi connectivity index (χ1n) is 3.95. The van der Waals surface area contributed by atoms with Crippen LogP contribution >= 0.6 is 0 Å². The van der Waals surface area contributed by atoms with E-state index in [0.29, 0.717) is 5.56 Å². The molecule has 13 heavy (non-hydrogen) atoms. The molecule has 1 unspecified atom stereocenters. The minimum absolute atomic E-state index is 0.429. The van der Waals surface area contributed by atoms with Crippen LogP contribution in [0.3, 0.4) is 0 Å². The van der Waals surface area contributed by atoms with Crippen molar-refractivity contribution in [1.29, 1.82) is 0 Å². The lowest BCUT2D eigenvalue weighted by atomic mass is 10.0. The van der Waals surface area contributed by atoms with Crippen molar-refractivity contribution in [3.8, 4) is 0 Å². The van der Waals surface area contributed by atoms with Crippen LogP contribution in [0.15, 0.2) is 30.3 Å². The Kier molecular flexibility index (Phi) is 2.80. The summed E-state index contributed by atoms with van der Waals surface area (Å²) in [6.07, 6.45) is 0. The van der Waals surface area contributed by atoms with Gasteiger partial charge in [-0.15, -0.1) is 0 Å². The second kappa shape index (κ2) is 3.68. The van der Waals surface area contributed by atoms with Gasteiger partial charge < -0.3 is 9.84 Å². The third-order valence-corrected chi connectivity index (χ3v) is 1.94. The number of carbonyl (C=O) groups excluding carboxylic acids is 1. The van der Waals surface area contributed by atoms with Gasteiger partial charge in [0.05, 0.1) is 0 Å². The summed E-state index contributed by atoms with van der Waals surface area (Å²) in [7, 11) is 1.30. The van der Waals surface area contributed by atoms with Gasteiger partial charge in [0.25, 0.3) is 5.79 Å². The number of methoxy groups -OCH3 is 1. The summed E-state index contributed by atoms with van der Waals surface area (Å²) in [6.45, 7) is 1.29. The molecule has 1 aromatic carbocycles. The molecule has 0 aliphatic heterocycles. The van der Waals surface area contributed by atoms with Crippen molar-refractivity contribution in [3.63, 3.8) is 0 Å². The van der Waals surface area contributed by atoms with Crippen molar-refractivity contribution in [2.75, 3.05) is 7.11 Å². The first kappa shape index (κ1) is 9.89. The van der Waals surface area contributed by atoms with E-state index in [1.165, 1.54) is 14.0 Å². The van der Waals surface area contributed by atoms with Gasteiger partial charge in [0.2, 0.25) is 0 Å². The molecule has 0 amide bonds. The standard InChI is InChI=1S/C10H12O3/c1-8(11)10(12,13-2)9-6-4-3-5-7-9/h3-7,12H,1-2H3. The fraction of sp³-hybridized carbons (Fsp3) is 0.300. The number of benzene rings is 1. The molecular weight excluding hydrogens is 168 g/mol. The molecule has 1 atom stereocenters. The van der Waals surface area contributed by atoms with Crippen LogP contribution in [0, 0.1) is 0 Å². The molecule has 0 bridgehead atoms. The van der Waals surface area contributed by atoms with Gasteiger partial charge in [0.15, 0.2) is 5.78 Å². The maximum Gasteiger partial charge on any atom is 0.253 e. The van der Waals surface area contributed by atoms with Crippen LogP contribution < -0.4 is 0 Å². The number of aliphatic hydroxyl groups is 1. The van der Waals surface area contributed by atoms with Crippen LogP contribution in [0.2, 0.25) is 0 Å². The Bertz CT molecular complexity index is 294. The van der Waals surface area contributed by atoms with Gasteiger partial charge in [0, 0.05) is 19.6 Å². The molecule has 0 fully saturated rings. The van der Waals surface area contributed by atoms with Gasteiger partial charge in [0.1, 0.15) is 0 Å². The lowest BCUT2D eigenvalue weighted by Gasteiger charge is -2.23. The summed E-state index contributed by atoms with van der Waals surface area (Å²) in [5.41, 5.74) is 0.449. The zero-order valence-corrected chi connectivity index (χ0v) is 7.65. The Morgan fingerprint density at radius 3 is 2.31 bits per heavy atom. The average Bonchev–Trinajstić information content (AvgIpc) is 2.17. The SMILES string of the molecule is COC(O)(C(C)=O)c1ccccc1. The van der Waals surface area contributed by atoms with Gasteiger partial charge in [-0.25, -0.2) is 0 Å². The van der Waals surface area contributed by atoms with Crippen molar-refractivity contribution >= 4 is 5.78 Å². The lowest BCUT2D eigenvalue weighted by molar-refractivity contribution is -0.198. The van der Waals surface area contributed by atoms with Crippen LogP contribution in [0.4, 0.5) is 0 Å². The van der Waals surface area contributed by atoms with Gasteiger partial charge in [-0.1, -0.05) is 30.3 Å². The molecular formula is C10H12O3. The summed E-state index contributed by atoms with van der Waals surface area (Å²) >= 11 is 0. The molecule has 0 radical (unpaired) electrons. The smallest absolute Gasteiger partial charge is 0.253 e. The highest BCUT2D eigenvalue weighted by atomic mass is 16.6. The van der Waals surface area contributed by atoms with Crippen LogP contribution in [0.25, 0.3) is 0 Å². The van der Waals surface area contributed by atoms with Gasteiger partial charge >= 0.3 is 0 Å². The van der Waals surface area contributed by atoms with Crippen molar-refractivity contribution in [2.45, 2.75) is 12.7 Å². The van der Waals surface area contributed by atoms with E-state index >= 15 is 0 Å². The molecule has 0 spiro atoms.